The lowest BCUT2D eigenvalue weighted by atomic mass is 10.1. The van der Waals surface area contributed by atoms with Crippen molar-refractivity contribution in [2.45, 2.75) is 13.3 Å². The topological polar surface area (TPSA) is 43.1 Å². The van der Waals surface area contributed by atoms with Crippen LogP contribution in [0.2, 0.25) is 0 Å². The fourth-order valence-electron chi connectivity index (χ4n) is 1.54. The van der Waals surface area contributed by atoms with Crippen LogP contribution in [0.1, 0.15) is 18.9 Å². The molecule has 0 aliphatic rings. The maximum Gasteiger partial charge on any atom is 0.270 e. The van der Waals surface area contributed by atoms with Crippen molar-refractivity contribution < 1.29 is 4.92 Å². The van der Waals surface area contributed by atoms with Gasteiger partial charge in [0.2, 0.25) is 0 Å². The first-order chi connectivity index (χ1) is 9.06. The Kier molecular flexibility index (Phi) is 5.48. The molecular formula is C16H17NO2. The summed E-state index contributed by atoms with van der Waals surface area (Å²) in [4.78, 5) is 10.3. The fourth-order valence-corrected chi connectivity index (χ4v) is 1.54. The van der Waals surface area contributed by atoms with Crippen LogP contribution in [-0.2, 0) is 0 Å². The van der Waals surface area contributed by atoms with Gasteiger partial charge in [-0.25, -0.2) is 0 Å². The van der Waals surface area contributed by atoms with Crippen molar-refractivity contribution in [2.75, 3.05) is 0 Å². The number of non-ortho nitro benzene ring substituents is 1. The number of benzene rings is 1. The van der Waals surface area contributed by atoms with E-state index >= 15 is 0 Å². The van der Waals surface area contributed by atoms with Gasteiger partial charge in [-0.1, -0.05) is 56.5 Å². The Hall–Kier alpha value is -2.42. The zero-order valence-corrected chi connectivity index (χ0v) is 11.0. The Bertz CT molecular complexity index is 554. The Morgan fingerprint density at radius 2 is 2.21 bits per heavy atom. The van der Waals surface area contributed by atoms with Crippen LogP contribution in [0.15, 0.2) is 66.8 Å². The van der Waals surface area contributed by atoms with Crippen LogP contribution >= 0.6 is 0 Å². The summed E-state index contributed by atoms with van der Waals surface area (Å²) < 4.78 is 0. The number of nitro groups is 1. The molecule has 0 saturated heterocycles. The highest BCUT2D eigenvalue weighted by Crippen LogP contribution is 2.15. The second-order valence-corrected chi connectivity index (χ2v) is 4.04. The van der Waals surface area contributed by atoms with Crippen molar-refractivity contribution >= 4 is 11.8 Å². The predicted molar refractivity (Wildman–Crippen MR) is 79.8 cm³/mol. The third-order valence-corrected chi connectivity index (χ3v) is 2.61. The van der Waals surface area contributed by atoms with Crippen LogP contribution in [-0.4, -0.2) is 4.92 Å². The summed E-state index contributed by atoms with van der Waals surface area (Å²) in [5.41, 5.74) is 2.81. The highest BCUT2D eigenvalue weighted by Gasteiger charge is 2.03. The first-order valence-corrected chi connectivity index (χ1v) is 6.01. The van der Waals surface area contributed by atoms with E-state index in [-0.39, 0.29) is 5.69 Å². The average molecular weight is 255 g/mol. The lowest BCUT2D eigenvalue weighted by Crippen LogP contribution is -1.87. The molecule has 19 heavy (non-hydrogen) atoms. The molecule has 0 radical (unpaired) electrons. The van der Waals surface area contributed by atoms with Crippen molar-refractivity contribution in [1.82, 2.24) is 0 Å². The smallest absolute Gasteiger partial charge is 0.258 e. The van der Waals surface area contributed by atoms with Crippen LogP contribution in [0.5, 0.6) is 0 Å². The predicted octanol–water partition coefficient (Wildman–Crippen LogP) is 4.69. The molecule has 0 unspecified atom stereocenters. The summed E-state index contributed by atoms with van der Waals surface area (Å²) >= 11 is 0. The van der Waals surface area contributed by atoms with Crippen molar-refractivity contribution in [1.29, 1.82) is 0 Å². The molecule has 0 aliphatic heterocycles. The van der Waals surface area contributed by atoms with E-state index in [2.05, 4.69) is 13.2 Å². The molecule has 0 aromatic heterocycles. The molecule has 0 bridgehead atoms. The molecule has 98 valence electrons. The van der Waals surface area contributed by atoms with Crippen LogP contribution in [0, 0.1) is 10.1 Å². The average Bonchev–Trinajstić information content (AvgIpc) is 2.42. The number of hydrogen-bond donors (Lipinski definition) is 0. The lowest BCUT2D eigenvalue weighted by molar-refractivity contribution is -0.384. The molecule has 0 saturated carbocycles. The number of hydrogen-bond acceptors (Lipinski definition) is 2. The minimum Gasteiger partial charge on any atom is -0.258 e. The maximum atomic E-state index is 10.7. The Balaban J connectivity index is 2.84. The van der Waals surface area contributed by atoms with E-state index in [1.165, 1.54) is 12.1 Å². The monoisotopic (exact) mass is 255 g/mol. The standard InChI is InChI=1S/C16H17NO2/c1-4-14(5-2)11-13(3)9-10-15-7-6-8-16(12-15)17(18)19/h4,6-12H,1,3,5H2,2H3/b10-9-,14-11+. The summed E-state index contributed by atoms with van der Waals surface area (Å²) in [6.45, 7) is 9.69. The number of allylic oxidation sites excluding steroid dienone is 5. The van der Waals surface area contributed by atoms with E-state index in [9.17, 15) is 10.1 Å². The van der Waals surface area contributed by atoms with Crippen molar-refractivity contribution in [2.24, 2.45) is 0 Å². The first-order valence-electron chi connectivity index (χ1n) is 6.01. The first kappa shape index (κ1) is 14.6. The Morgan fingerprint density at radius 3 is 2.79 bits per heavy atom. The molecule has 1 rings (SSSR count). The Morgan fingerprint density at radius 1 is 1.47 bits per heavy atom. The fraction of sp³-hybridized carbons (Fsp3) is 0.125. The molecular weight excluding hydrogens is 238 g/mol. The third-order valence-electron chi connectivity index (χ3n) is 2.61. The zero-order chi connectivity index (χ0) is 14.3. The number of nitrogens with zero attached hydrogens (tertiary/aromatic N) is 1. The van der Waals surface area contributed by atoms with Gasteiger partial charge in [-0.2, -0.15) is 0 Å². The summed E-state index contributed by atoms with van der Waals surface area (Å²) in [5.74, 6) is 0. The van der Waals surface area contributed by atoms with Gasteiger partial charge < -0.3 is 0 Å². The minimum absolute atomic E-state index is 0.0867. The van der Waals surface area contributed by atoms with E-state index in [0.717, 1.165) is 23.1 Å². The summed E-state index contributed by atoms with van der Waals surface area (Å²) in [5, 5.41) is 10.7. The number of rotatable bonds is 6. The summed E-state index contributed by atoms with van der Waals surface area (Å²) in [7, 11) is 0. The maximum absolute atomic E-state index is 10.7. The van der Waals surface area contributed by atoms with Gasteiger partial charge in [0.15, 0.2) is 0 Å². The van der Waals surface area contributed by atoms with Crippen LogP contribution in [0.4, 0.5) is 5.69 Å². The van der Waals surface area contributed by atoms with Gasteiger partial charge in [0.1, 0.15) is 0 Å². The molecule has 0 fully saturated rings. The van der Waals surface area contributed by atoms with Gasteiger partial charge in [0.25, 0.3) is 5.69 Å². The lowest BCUT2D eigenvalue weighted by Gasteiger charge is -1.97. The van der Waals surface area contributed by atoms with E-state index in [1.807, 2.05) is 31.2 Å². The molecule has 0 amide bonds. The van der Waals surface area contributed by atoms with Crippen molar-refractivity contribution in [3.05, 3.63) is 82.5 Å². The van der Waals surface area contributed by atoms with Gasteiger partial charge in [-0.3, -0.25) is 10.1 Å². The molecule has 1 aromatic rings. The minimum atomic E-state index is -0.404. The molecule has 3 nitrogen and oxygen atoms in total. The van der Waals surface area contributed by atoms with Crippen LogP contribution in [0.3, 0.4) is 0 Å². The molecule has 3 heteroatoms. The van der Waals surface area contributed by atoms with Gasteiger partial charge in [-0.15, -0.1) is 0 Å². The highest BCUT2D eigenvalue weighted by atomic mass is 16.6. The molecule has 0 heterocycles. The van der Waals surface area contributed by atoms with Crippen molar-refractivity contribution in [3.63, 3.8) is 0 Å². The Labute approximate surface area is 113 Å². The molecule has 0 spiro atoms. The molecule has 0 atom stereocenters. The summed E-state index contributed by atoms with van der Waals surface area (Å²) in [6.07, 6.45) is 8.28. The van der Waals surface area contributed by atoms with Gasteiger partial charge in [-0.05, 0) is 23.1 Å². The number of nitro benzene ring substituents is 1. The second-order valence-electron chi connectivity index (χ2n) is 4.04. The molecule has 0 N–H and O–H groups in total. The van der Waals surface area contributed by atoms with Crippen LogP contribution < -0.4 is 0 Å². The summed E-state index contributed by atoms with van der Waals surface area (Å²) in [6, 6.07) is 6.48. The van der Waals surface area contributed by atoms with E-state index in [0.29, 0.717) is 0 Å². The normalized spacial score (nSPS) is 11.5. The van der Waals surface area contributed by atoms with Gasteiger partial charge in [0.05, 0.1) is 4.92 Å². The van der Waals surface area contributed by atoms with E-state index in [1.54, 1.807) is 12.1 Å². The largest absolute Gasteiger partial charge is 0.270 e. The quantitative estimate of drug-likeness (QED) is 0.420. The second kappa shape index (κ2) is 7.11. The van der Waals surface area contributed by atoms with Crippen molar-refractivity contribution in [3.8, 4) is 0 Å². The highest BCUT2D eigenvalue weighted by molar-refractivity contribution is 5.57. The third kappa shape index (κ3) is 4.76. The zero-order valence-electron chi connectivity index (χ0n) is 11.0. The van der Waals surface area contributed by atoms with Crippen LogP contribution in [0.25, 0.3) is 6.08 Å². The van der Waals surface area contributed by atoms with Gasteiger partial charge >= 0.3 is 0 Å². The van der Waals surface area contributed by atoms with E-state index in [4.69, 9.17) is 0 Å². The molecule has 0 aliphatic carbocycles. The van der Waals surface area contributed by atoms with E-state index < -0.39 is 4.92 Å². The molecule has 1 aromatic carbocycles. The SMILES string of the molecule is C=C/C(=C\C(=C)/C=C\c1cccc([N+](=O)[O-])c1)CC. The van der Waals surface area contributed by atoms with Gasteiger partial charge in [0, 0.05) is 12.1 Å².